The van der Waals surface area contributed by atoms with Gasteiger partial charge in [-0.1, -0.05) is 11.6 Å². The summed E-state index contributed by atoms with van der Waals surface area (Å²) in [6, 6.07) is 9.24. The van der Waals surface area contributed by atoms with Gasteiger partial charge >= 0.3 is 24.3 Å². The molecule has 0 aliphatic rings. The van der Waals surface area contributed by atoms with E-state index in [0.29, 0.717) is 0 Å². The predicted octanol–water partition coefficient (Wildman–Crippen LogP) is 8.66. The van der Waals surface area contributed by atoms with Crippen molar-refractivity contribution in [2.45, 2.75) is 25.2 Å². The highest BCUT2D eigenvalue weighted by Crippen LogP contribution is 2.42. The van der Waals surface area contributed by atoms with Crippen molar-refractivity contribution in [2.24, 2.45) is 0 Å². The molecular formula is C26H15ClF6O5S. The van der Waals surface area contributed by atoms with Gasteiger partial charge in [0.15, 0.2) is 0 Å². The minimum atomic E-state index is -4.66. The quantitative estimate of drug-likeness (QED) is 0.123. The van der Waals surface area contributed by atoms with E-state index in [2.05, 4.69) is 0 Å². The zero-order chi connectivity index (χ0) is 28.4. The lowest BCUT2D eigenvalue weighted by Crippen LogP contribution is -2.15. The number of carbonyl (C=O) groups is 2. The molecule has 0 N–H and O–H groups in total. The first-order valence-electron chi connectivity index (χ1n) is 10.9. The normalized spacial score (nSPS) is 11.9. The lowest BCUT2D eigenvalue weighted by Gasteiger charge is -2.14. The number of carbonyl (C=O) groups excluding carboxylic acids is 2. The van der Waals surface area contributed by atoms with E-state index < -0.39 is 48.3 Å². The Morgan fingerprint density at radius 3 is 1.77 bits per heavy atom. The molecular weight excluding hydrogens is 574 g/mol. The van der Waals surface area contributed by atoms with Gasteiger partial charge in [-0.15, -0.1) is 11.3 Å². The maximum absolute atomic E-state index is 13.2. The summed E-state index contributed by atoms with van der Waals surface area (Å²) >= 11 is 7.15. The summed E-state index contributed by atoms with van der Waals surface area (Å²) in [7, 11) is 0. The number of halogens is 7. The molecule has 39 heavy (non-hydrogen) atoms. The summed E-state index contributed by atoms with van der Waals surface area (Å²) < 4.78 is 94.9. The molecule has 0 saturated carbocycles. The second kappa shape index (κ2) is 11.1. The van der Waals surface area contributed by atoms with Gasteiger partial charge in [0.05, 0.1) is 35.8 Å². The molecule has 0 atom stereocenters. The summed E-state index contributed by atoms with van der Waals surface area (Å²) in [4.78, 5) is 24.8. The Balaban J connectivity index is 1.47. The summed E-state index contributed by atoms with van der Waals surface area (Å²) in [6.07, 6.45) is -9.15. The zero-order valence-corrected chi connectivity index (χ0v) is 20.9. The third kappa shape index (κ3) is 6.82. The van der Waals surface area contributed by atoms with Gasteiger partial charge in [0.1, 0.15) is 21.6 Å². The molecule has 0 spiro atoms. The fraction of sp³-hybridized carbons (Fsp3) is 0.154. The third-order valence-electron chi connectivity index (χ3n) is 5.29. The molecule has 0 fully saturated rings. The highest BCUT2D eigenvalue weighted by atomic mass is 35.5. The summed E-state index contributed by atoms with van der Waals surface area (Å²) in [5.41, 5.74) is -1.95. The van der Waals surface area contributed by atoms with Crippen LogP contribution in [-0.2, 0) is 21.9 Å². The molecule has 0 amide bonds. The molecule has 2 heterocycles. The monoisotopic (exact) mass is 588 g/mol. The lowest BCUT2D eigenvalue weighted by molar-refractivity contribution is -0.140. The number of alkyl halides is 6. The minimum absolute atomic E-state index is 0.0187. The summed E-state index contributed by atoms with van der Waals surface area (Å²) in [5.74, 6) is -2.34. The van der Waals surface area contributed by atoms with Crippen LogP contribution in [0, 0.1) is 0 Å². The zero-order valence-electron chi connectivity index (χ0n) is 19.4. The average molecular weight is 589 g/mol. The number of rotatable bonds is 7. The van der Waals surface area contributed by atoms with E-state index >= 15 is 0 Å². The van der Waals surface area contributed by atoms with Crippen molar-refractivity contribution in [3.63, 3.8) is 0 Å². The molecule has 0 radical (unpaired) electrons. The van der Waals surface area contributed by atoms with E-state index in [4.69, 9.17) is 25.5 Å². The third-order valence-corrected chi connectivity index (χ3v) is 6.46. The van der Waals surface area contributed by atoms with Gasteiger partial charge in [0.25, 0.3) is 0 Å². The van der Waals surface area contributed by atoms with Crippen LogP contribution in [0.4, 0.5) is 26.3 Å². The van der Waals surface area contributed by atoms with Crippen LogP contribution in [0.1, 0.15) is 24.0 Å². The number of furan rings is 1. The van der Waals surface area contributed by atoms with Gasteiger partial charge in [-0.25, -0.2) is 0 Å². The second-order valence-electron chi connectivity index (χ2n) is 7.95. The number of benzene rings is 2. The van der Waals surface area contributed by atoms with Crippen LogP contribution in [0.2, 0.25) is 4.34 Å². The van der Waals surface area contributed by atoms with Crippen LogP contribution in [0.5, 0.6) is 11.5 Å². The summed E-state index contributed by atoms with van der Waals surface area (Å²) in [5, 5.41) is 1.55. The SMILES string of the molecule is O=C(CCC(=O)Oc1ccc(C(F)(F)F)cc1-c1ccsc1Cl)Oc1ccc(C(F)(F)F)cc1-c1ccco1. The first-order chi connectivity index (χ1) is 18.3. The number of thiophene rings is 1. The molecule has 0 bridgehead atoms. The van der Waals surface area contributed by atoms with Gasteiger partial charge < -0.3 is 13.9 Å². The average Bonchev–Trinajstić information content (AvgIpc) is 3.54. The second-order valence-corrected chi connectivity index (χ2v) is 9.47. The van der Waals surface area contributed by atoms with Crippen molar-refractivity contribution in [1.82, 2.24) is 0 Å². The van der Waals surface area contributed by atoms with Gasteiger partial charge in [0.2, 0.25) is 0 Å². The molecule has 0 aliphatic carbocycles. The standard InChI is InChI=1S/C26H15ClF6O5S/c27-24-16(9-11-39-24)17-12-14(25(28,29)30)3-5-20(17)37-22(34)7-8-23(35)38-21-6-4-15(26(31,32)33)13-18(21)19-2-1-10-36-19/h1-6,9-13H,7-8H2. The Morgan fingerprint density at radius 1 is 0.769 bits per heavy atom. The van der Waals surface area contributed by atoms with Crippen LogP contribution in [0.3, 0.4) is 0 Å². The fourth-order valence-corrected chi connectivity index (χ4v) is 4.41. The van der Waals surface area contributed by atoms with E-state index in [1.165, 1.54) is 24.5 Å². The van der Waals surface area contributed by atoms with Gasteiger partial charge in [-0.3, -0.25) is 9.59 Å². The lowest BCUT2D eigenvalue weighted by atomic mass is 10.0. The highest BCUT2D eigenvalue weighted by molar-refractivity contribution is 7.15. The molecule has 0 saturated heterocycles. The van der Waals surface area contributed by atoms with Gasteiger partial charge in [-0.2, -0.15) is 26.3 Å². The number of hydrogen-bond donors (Lipinski definition) is 0. The van der Waals surface area contributed by atoms with Crippen molar-refractivity contribution >= 4 is 34.9 Å². The Hall–Kier alpha value is -3.77. The molecule has 0 aliphatic heterocycles. The van der Waals surface area contributed by atoms with E-state index in [1.807, 2.05) is 0 Å². The van der Waals surface area contributed by atoms with Crippen molar-refractivity contribution < 1.29 is 49.8 Å². The molecule has 2 aromatic carbocycles. The van der Waals surface area contributed by atoms with Gasteiger partial charge in [-0.05, 0) is 60.0 Å². The van der Waals surface area contributed by atoms with Crippen molar-refractivity contribution in [3.8, 4) is 33.9 Å². The minimum Gasteiger partial charge on any atom is -0.464 e. The highest BCUT2D eigenvalue weighted by Gasteiger charge is 2.33. The summed E-state index contributed by atoms with van der Waals surface area (Å²) in [6.45, 7) is 0. The van der Waals surface area contributed by atoms with Crippen molar-refractivity contribution in [3.05, 3.63) is 81.7 Å². The number of esters is 2. The Morgan fingerprint density at radius 2 is 1.31 bits per heavy atom. The first kappa shape index (κ1) is 28.2. The van der Waals surface area contributed by atoms with E-state index in [-0.39, 0.29) is 38.3 Å². The Kier molecular flexibility index (Phi) is 8.07. The van der Waals surface area contributed by atoms with E-state index in [1.54, 1.807) is 5.38 Å². The maximum Gasteiger partial charge on any atom is 0.416 e. The van der Waals surface area contributed by atoms with Crippen LogP contribution in [-0.4, -0.2) is 11.9 Å². The number of hydrogen-bond acceptors (Lipinski definition) is 6. The fourth-order valence-electron chi connectivity index (χ4n) is 3.46. The van der Waals surface area contributed by atoms with Gasteiger partial charge in [0, 0.05) is 11.1 Å². The van der Waals surface area contributed by atoms with Crippen molar-refractivity contribution in [1.29, 1.82) is 0 Å². The largest absolute Gasteiger partial charge is 0.464 e. The Bertz CT molecular complexity index is 1490. The molecule has 4 rings (SSSR count). The molecule has 13 heteroatoms. The smallest absolute Gasteiger partial charge is 0.416 e. The first-order valence-corrected chi connectivity index (χ1v) is 12.2. The van der Waals surface area contributed by atoms with Crippen LogP contribution >= 0.6 is 22.9 Å². The van der Waals surface area contributed by atoms with Crippen LogP contribution in [0.15, 0.2) is 70.7 Å². The topological polar surface area (TPSA) is 65.7 Å². The molecule has 0 unspecified atom stereocenters. The van der Waals surface area contributed by atoms with E-state index in [0.717, 1.165) is 47.7 Å². The predicted molar refractivity (Wildman–Crippen MR) is 129 cm³/mol. The molecule has 2 aromatic heterocycles. The number of ether oxygens (including phenoxy) is 2. The maximum atomic E-state index is 13.2. The molecule has 5 nitrogen and oxygen atoms in total. The van der Waals surface area contributed by atoms with Crippen molar-refractivity contribution in [2.75, 3.05) is 0 Å². The van der Waals surface area contributed by atoms with Crippen LogP contribution < -0.4 is 9.47 Å². The molecule has 204 valence electrons. The Labute approximate surface area is 225 Å². The van der Waals surface area contributed by atoms with E-state index in [9.17, 15) is 35.9 Å². The molecule has 4 aromatic rings. The van der Waals surface area contributed by atoms with Crippen LogP contribution in [0.25, 0.3) is 22.5 Å².